The summed E-state index contributed by atoms with van der Waals surface area (Å²) in [7, 11) is 0. The molecule has 2 aromatic carbocycles. The van der Waals surface area contributed by atoms with Crippen molar-refractivity contribution in [1.29, 1.82) is 0 Å². The third-order valence-corrected chi connectivity index (χ3v) is 4.59. The molecule has 3 aromatic rings. The van der Waals surface area contributed by atoms with Gasteiger partial charge in [-0.2, -0.15) is 0 Å². The van der Waals surface area contributed by atoms with Crippen LogP contribution in [0, 0.1) is 0 Å². The summed E-state index contributed by atoms with van der Waals surface area (Å²) < 4.78 is 5.21. The van der Waals surface area contributed by atoms with E-state index < -0.39 is 0 Å². The molecule has 1 fully saturated rings. The molecule has 1 saturated heterocycles. The van der Waals surface area contributed by atoms with E-state index in [0.717, 1.165) is 16.8 Å². The highest BCUT2D eigenvalue weighted by Crippen LogP contribution is 2.27. The average Bonchev–Trinajstić information content (AvgIpc) is 3.25. The number of thioether (sulfide) groups is 1. The molecule has 1 aromatic heterocycles. The summed E-state index contributed by atoms with van der Waals surface area (Å²) in [5.74, 6) is 0.596. The second-order valence-corrected chi connectivity index (χ2v) is 6.44. The number of hydrogen-bond donors (Lipinski definition) is 1. The molecule has 122 valence electrons. The van der Waals surface area contributed by atoms with E-state index in [1.807, 2.05) is 48.5 Å². The predicted molar refractivity (Wildman–Crippen MR) is 103 cm³/mol. The molecule has 0 aliphatic carbocycles. The van der Waals surface area contributed by atoms with Crippen LogP contribution in [0.5, 0.6) is 0 Å². The van der Waals surface area contributed by atoms with Crippen LogP contribution in [0.25, 0.3) is 16.8 Å². The van der Waals surface area contributed by atoms with Gasteiger partial charge in [0.25, 0.3) is 5.91 Å². The minimum atomic E-state index is -0.145. The number of carbonyl (C=O) groups excluding carboxylic acids is 1. The minimum absolute atomic E-state index is 0.145. The quantitative estimate of drug-likeness (QED) is 0.688. The molecule has 1 N–H and O–H groups in total. The van der Waals surface area contributed by atoms with Crippen molar-refractivity contribution in [2.24, 2.45) is 4.99 Å². The smallest absolute Gasteiger partial charge is 0.264 e. The standard InChI is InChI=1S/C20H14N2O2S/c23-19-18(9-3-7-17-8-4-12-24-17)25-20(22-19)21-16-11-10-14-5-1-2-6-15(14)13-16/h1-13H,(H,21,22,23)/b7-3+,18-9-. The van der Waals surface area contributed by atoms with Crippen LogP contribution >= 0.6 is 11.8 Å². The molecule has 4 rings (SSSR count). The number of nitrogens with one attached hydrogen (secondary N) is 1. The van der Waals surface area contributed by atoms with E-state index in [-0.39, 0.29) is 5.91 Å². The molecule has 0 atom stereocenters. The SMILES string of the molecule is O=C1NC(=Nc2ccc3ccccc3c2)S/C1=C\C=C\c1ccco1. The summed E-state index contributed by atoms with van der Waals surface area (Å²) in [5.41, 5.74) is 0.814. The van der Waals surface area contributed by atoms with Crippen LogP contribution < -0.4 is 5.32 Å². The van der Waals surface area contributed by atoms with Crippen LogP contribution in [-0.2, 0) is 4.79 Å². The third-order valence-electron chi connectivity index (χ3n) is 3.67. The van der Waals surface area contributed by atoms with Crippen LogP contribution in [0.15, 0.2) is 87.3 Å². The number of rotatable bonds is 3. The van der Waals surface area contributed by atoms with E-state index in [9.17, 15) is 4.79 Å². The van der Waals surface area contributed by atoms with Gasteiger partial charge in [-0.25, -0.2) is 4.99 Å². The van der Waals surface area contributed by atoms with Crippen molar-refractivity contribution in [3.05, 3.63) is 83.7 Å². The van der Waals surface area contributed by atoms with Crippen molar-refractivity contribution in [1.82, 2.24) is 5.32 Å². The number of hydrogen-bond acceptors (Lipinski definition) is 4. The maximum absolute atomic E-state index is 12.0. The number of fused-ring (bicyclic) bond motifs is 1. The van der Waals surface area contributed by atoms with Crippen LogP contribution in [0.2, 0.25) is 0 Å². The highest BCUT2D eigenvalue weighted by atomic mass is 32.2. The van der Waals surface area contributed by atoms with E-state index in [2.05, 4.69) is 16.4 Å². The number of benzene rings is 2. The highest BCUT2D eigenvalue weighted by Gasteiger charge is 2.23. The molecular formula is C20H14N2O2S. The van der Waals surface area contributed by atoms with Gasteiger partial charge in [0, 0.05) is 0 Å². The molecule has 1 amide bonds. The molecule has 0 bridgehead atoms. The number of nitrogens with zero attached hydrogens (tertiary/aromatic N) is 1. The van der Waals surface area contributed by atoms with Crippen LogP contribution in [0.1, 0.15) is 5.76 Å². The number of amidine groups is 1. The first-order chi connectivity index (χ1) is 12.3. The lowest BCUT2D eigenvalue weighted by atomic mass is 10.1. The zero-order valence-corrected chi connectivity index (χ0v) is 14.0. The third kappa shape index (κ3) is 3.56. The maximum Gasteiger partial charge on any atom is 0.264 e. The van der Waals surface area contributed by atoms with Crippen molar-refractivity contribution in [3.8, 4) is 0 Å². The van der Waals surface area contributed by atoms with E-state index in [1.54, 1.807) is 24.5 Å². The van der Waals surface area contributed by atoms with Crippen molar-refractivity contribution < 1.29 is 9.21 Å². The lowest BCUT2D eigenvalue weighted by Crippen LogP contribution is -2.19. The van der Waals surface area contributed by atoms with E-state index in [1.165, 1.54) is 17.1 Å². The second-order valence-electron chi connectivity index (χ2n) is 5.41. The Kier molecular flexibility index (Phi) is 4.23. The van der Waals surface area contributed by atoms with Gasteiger partial charge in [-0.1, -0.05) is 36.4 Å². The van der Waals surface area contributed by atoms with Gasteiger partial charge in [-0.15, -0.1) is 0 Å². The lowest BCUT2D eigenvalue weighted by molar-refractivity contribution is -0.115. The second kappa shape index (κ2) is 6.83. The van der Waals surface area contributed by atoms with Gasteiger partial charge >= 0.3 is 0 Å². The fourth-order valence-corrected chi connectivity index (χ4v) is 3.27. The predicted octanol–water partition coefficient (Wildman–Crippen LogP) is 4.88. The first-order valence-electron chi connectivity index (χ1n) is 7.76. The fourth-order valence-electron chi connectivity index (χ4n) is 2.48. The zero-order chi connectivity index (χ0) is 17.1. The van der Waals surface area contributed by atoms with E-state index >= 15 is 0 Å². The molecule has 0 unspecified atom stereocenters. The highest BCUT2D eigenvalue weighted by molar-refractivity contribution is 8.18. The molecule has 2 heterocycles. The Morgan fingerprint density at radius 2 is 1.92 bits per heavy atom. The maximum atomic E-state index is 12.0. The largest absolute Gasteiger partial charge is 0.465 e. The normalized spacial score (nSPS) is 17.8. The minimum Gasteiger partial charge on any atom is -0.465 e. The van der Waals surface area contributed by atoms with Gasteiger partial charge in [-0.3, -0.25) is 4.79 Å². The summed E-state index contributed by atoms with van der Waals surface area (Å²) in [6.45, 7) is 0. The summed E-state index contributed by atoms with van der Waals surface area (Å²) in [6, 6.07) is 17.8. The van der Waals surface area contributed by atoms with Gasteiger partial charge in [0.2, 0.25) is 0 Å². The van der Waals surface area contributed by atoms with Crippen molar-refractivity contribution in [3.63, 3.8) is 0 Å². The Morgan fingerprint density at radius 1 is 1.04 bits per heavy atom. The van der Waals surface area contributed by atoms with Gasteiger partial charge < -0.3 is 9.73 Å². The molecule has 1 aliphatic heterocycles. The first-order valence-corrected chi connectivity index (χ1v) is 8.58. The molecule has 5 heteroatoms. The number of carbonyl (C=O) groups is 1. The van der Waals surface area contributed by atoms with Crippen LogP contribution in [0.3, 0.4) is 0 Å². The summed E-state index contributed by atoms with van der Waals surface area (Å²) in [4.78, 5) is 17.2. The summed E-state index contributed by atoms with van der Waals surface area (Å²) in [6.07, 6.45) is 6.96. The molecule has 25 heavy (non-hydrogen) atoms. The lowest BCUT2D eigenvalue weighted by Gasteiger charge is -2.00. The monoisotopic (exact) mass is 346 g/mol. The number of allylic oxidation sites excluding steroid dienone is 2. The Morgan fingerprint density at radius 3 is 2.76 bits per heavy atom. The molecule has 0 spiro atoms. The number of aliphatic imine (C=N–C) groups is 1. The Bertz CT molecular complexity index is 1020. The number of amides is 1. The molecule has 4 nitrogen and oxygen atoms in total. The van der Waals surface area contributed by atoms with Gasteiger partial charge in [-0.05, 0) is 59.0 Å². The van der Waals surface area contributed by atoms with E-state index in [4.69, 9.17) is 4.42 Å². The van der Waals surface area contributed by atoms with Crippen molar-refractivity contribution in [2.75, 3.05) is 0 Å². The van der Waals surface area contributed by atoms with Gasteiger partial charge in [0.1, 0.15) is 5.76 Å². The van der Waals surface area contributed by atoms with Crippen LogP contribution in [-0.4, -0.2) is 11.1 Å². The van der Waals surface area contributed by atoms with Gasteiger partial charge in [0.15, 0.2) is 5.17 Å². The molecule has 1 aliphatic rings. The number of furan rings is 1. The van der Waals surface area contributed by atoms with Crippen molar-refractivity contribution >= 4 is 45.4 Å². The first kappa shape index (κ1) is 15.5. The molecule has 0 saturated carbocycles. The van der Waals surface area contributed by atoms with E-state index in [0.29, 0.717) is 10.1 Å². The fraction of sp³-hybridized carbons (Fsp3) is 0. The summed E-state index contributed by atoms with van der Waals surface area (Å²) >= 11 is 1.32. The Balaban J connectivity index is 1.53. The Labute approximate surface area is 148 Å². The van der Waals surface area contributed by atoms with Crippen LogP contribution in [0.4, 0.5) is 5.69 Å². The Hall–Kier alpha value is -3.05. The summed E-state index contributed by atoms with van der Waals surface area (Å²) in [5, 5.41) is 5.66. The average molecular weight is 346 g/mol. The zero-order valence-electron chi connectivity index (χ0n) is 13.2. The topological polar surface area (TPSA) is 54.6 Å². The molecule has 0 radical (unpaired) electrons. The molecular weight excluding hydrogens is 332 g/mol. The van der Waals surface area contributed by atoms with Crippen molar-refractivity contribution in [2.45, 2.75) is 0 Å². The van der Waals surface area contributed by atoms with Gasteiger partial charge in [0.05, 0.1) is 16.9 Å².